The molecule has 0 radical (unpaired) electrons. The number of hydrogen-bond donors (Lipinski definition) is 1. The van der Waals surface area contributed by atoms with Crippen LogP contribution in [0.1, 0.15) is 50.5 Å². The Morgan fingerprint density at radius 2 is 1.65 bits per heavy atom. The van der Waals surface area contributed by atoms with E-state index in [1.807, 2.05) is 18.2 Å². The van der Waals surface area contributed by atoms with Crippen molar-refractivity contribution >= 4 is 5.97 Å². The minimum atomic E-state index is -0.767. The number of likely N-dealkylation sites (tertiary alicyclic amines) is 1. The quantitative estimate of drug-likeness (QED) is 0.434. The molecule has 1 heterocycles. The van der Waals surface area contributed by atoms with E-state index in [-0.39, 0.29) is 18.6 Å². The molecule has 2 aromatic rings. The molecular formula is C29H37NO4. The number of piperidine rings is 1. The predicted molar refractivity (Wildman–Crippen MR) is 135 cm³/mol. The van der Waals surface area contributed by atoms with Crippen molar-refractivity contribution in [3.63, 3.8) is 0 Å². The van der Waals surface area contributed by atoms with Crippen molar-refractivity contribution in [1.29, 1.82) is 0 Å². The number of aliphatic carboxylic acids is 1. The highest BCUT2D eigenvalue weighted by molar-refractivity contribution is 5.66. The monoisotopic (exact) mass is 463 g/mol. The lowest BCUT2D eigenvalue weighted by atomic mass is 10.0. The van der Waals surface area contributed by atoms with Gasteiger partial charge >= 0.3 is 5.97 Å². The number of rotatable bonds is 11. The third-order valence-electron chi connectivity index (χ3n) is 6.95. The highest BCUT2D eigenvalue weighted by atomic mass is 16.5. The van der Waals surface area contributed by atoms with Crippen LogP contribution in [-0.2, 0) is 20.9 Å². The van der Waals surface area contributed by atoms with Crippen LogP contribution < -0.4 is 0 Å². The van der Waals surface area contributed by atoms with Crippen molar-refractivity contribution in [2.24, 2.45) is 0 Å². The molecule has 2 aliphatic rings. The predicted octanol–water partition coefficient (Wildman–Crippen LogP) is 5.69. The number of carbonyl (C=O) groups is 1. The number of nitrogens with zero attached hydrogens (tertiary/aromatic N) is 1. The van der Waals surface area contributed by atoms with Gasteiger partial charge in [0.15, 0.2) is 0 Å². The molecule has 2 fully saturated rings. The van der Waals surface area contributed by atoms with E-state index in [2.05, 4.69) is 53.4 Å². The smallest absolute Gasteiger partial charge is 0.303 e. The Morgan fingerprint density at radius 3 is 2.38 bits per heavy atom. The number of benzene rings is 2. The Balaban J connectivity index is 1.34. The van der Waals surface area contributed by atoms with Crippen LogP contribution in [0, 0.1) is 0 Å². The normalized spacial score (nSPS) is 23.5. The fraction of sp³-hybridized carbons (Fsp3) is 0.483. The van der Waals surface area contributed by atoms with E-state index < -0.39 is 5.97 Å². The first kappa shape index (κ1) is 24.6. The van der Waals surface area contributed by atoms with Gasteiger partial charge in [0, 0.05) is 12.5 Å². The number of allylic oxidation sites excluding steroid dienone is 1. The van der Waals surface area contributed by atoms with Gasteiger partial charge in [0.25, 0.3) is 0 Å². The molecule has 0 spiro atoms. The molecule has 1 N–H and O–H groups in total. The van der Waals surface area contributed by atoms with Crippen molar-refractivity contribution in [3.8, 4) is 11.1 Å². The van der Waals surface area contributed by atoms with E-state index >= 15 is 0 Å². The summed E-state index contributed by atoms with van der Waals surface area (Å²) in [6.45, 7) is 3.38. The summed E-state index contributed by atoms with van der Waals surface area (Å²) in [6.07, 6.45) is 10.6. The van der Waals surface area contributed by atoms with Crippen LogP contribution in [0.4, 0.5) is 0 Å². The van der Waals surface area contributed by atoms with E-state index in [0.717, 1.165) is 25.9 Å². The molecule has 34 heavy (non-hydrogen) atoms. The van der Waals surface area contributed by atoms with E-state index in [1.165, 1.54) is 36.0 Å². The van der Waals surface area contributed by atoms with E-state index in [9.17, 15) is 4.79 Å². The second-order valence-corrected chi connectivity index (χ2v) is 9.36. The first-order valence-corrected chi connectivity index (χ1v) is 12.7. The van der Waals surface area contributed by atoms with Gasteiger partial charge in [-0.3, -0.25) is 9.69 Å². The molecule has 1 aliphatic carbocycles. The lowest BCUT2D eigenvalue weighted by molar-refractivity contribution is -0.136. The molecule has 182 valence electrons. The molecule has 1 saturated carbocycles. The van der Waals surface area contributed by atoms with E-state index in [0.29, 0.717) is 25.7 Å². The average molecular weight is 464 g/mol. The maximum absolute atomic E-state index is 10.7. The van der Waals surface area contributed by atoms with Gasteiger partial charge in [0.05, 0.1) is 25.4 Å². The minimum absolute atomic E-state index is 0.0471. The Bertz CT molecular complexity index is 905. The van der Waals surface area contributed by atoms with Crippen LogP contribution in [-0.4, -0.2) is 53.9 Å². The molecule has 1 aliphatic heterocycles. The van der Waals surface area contributed by atoms with Crippen molar-refractivity contribution < 1.29 is 19.4 Å². The van der Waals surface area contributed by atoms with Gasteiger partial charge in [-0.2, -0.15) is 0 Å². The SMILES string of the molecule is O=C(O)CC/C=C\CO[C@H]1C(OCc2ccc(-c3ccccc3)cc2)CC[C@@H]1N1CCCCC1. The zero-order valence-electron chi connectivity index (χ0n) is 20.0. The first-order chi connectivity index (χ1) is 16.7. The number of ether oxygens (including phenoxy) is 2. The first-order valence-electron chi connectivity index (χ1n) is 12.7. The van der Waals surface area contributed by atoms with Crippen LogP contribution in [0.2, 0.25) is 0 Å². The molecule has 0 bridgehead atoms. The van der Waals surface area contributed by atoms with Crippen LogP contribution in [0.3, 0.4) is 0 Å². The summed E-state index contributed by atoms with van der Waals surface area (Å²) in [5, 5.41) is 8.80. The lowest BCUT2D eigenvalue weighted by Crippen LogP contribution is -2.47. The zero-order chi connectivity index (χ0) is 23.6. The molecule has 5 heteroatoms. The molecule has 0 amide bonds. The summed E-state index contributed by atoms with van der Waals surface area (Å²) >= 11 is 0. The number of hydrogen-bond acceptors (Lipinski definition) is 4. The molecule has 0 aromatic heterocycles. The van der Waals surface area contributed by atoms with Crippen LogP contribution in [0.5, 0.6) is 0 Å². The fourth-order valence-electron chi connectivity index (χ4n) is 5.13. The summed E-state index contributed by atoms with van der Waals surface area (Å²) in [5.41, 5.74) is 3.61. The van der Waals surface area contributed by atoms with Gasteiger partial charge in [0.1, 0.15) is 0 Å². The molecular weight excluding hydrogens is 426 g/mol. The summed E-state index contributed by atoms with van der Waals surface area (Å²) < 4.78 is 12.8. The van der Waals surface area contributed by atoms with Gasteiger partial charge in [-0.25, -0.2) is 0 Å². The van der Waals surface area contributed by atoms with E-state index in [4.69, 9.17) is 14.6 Å². The Labute approximate surface area is 203 Å². The van der Waals surface area contributed by atoms with Crippen molar-refractivity contribution in [2.75, 3.05) is 19.7 Å². The highest BCUT2D eigenvalue weighted by Crippen LogP contribution is 2.32. The summed E-state index contributed by atoms with van der Waals surface area (Å²) in [7, 11) is 0. The lowest BCUT2D eigenvalue weighted by Gasteiger charge is -2.36. The second-order valence-electron chi connectivity index (χ2n) is 9.36. The summed E-state index contributed by atoms with van der Waals surface area (Å²) in [6, 6.07) is 19.4. The van der Waals surface area contributed by atoms with Gasteiger partial charge in [-0.05, 0) is 61.9 Å². The van der Waals surface area contributed by atoms with E-state index in [1.54, 1.807) is 0 Å². The van der Waals surface area contributed by atoms with Gasteiger partial charge in [-0.15, -0.1) is 0 Å². The maximum atomic E-state index is 10.7. The maximum Gasteiger partial charge on any atom is 0.303 e. The third-order valence-corrected chi connectivity index (χ3v) is 6.95. The van der Waals surface area contributed by atoms with Crippen molar-refractivity contribution in [2.45, 2.75) is 69.8 Å². The molecule has 4 rings (SSSR count). The summed E-state index contributed by atoms with van der Waals surface area (Å²) in [5.74, 6) is -0.767. The second kappa shape index (κ2) is 12.8. The van der Waals surface area contributed by atoms with Gasteiger partial charge < -0.3 is 14.6 Å². The van der Waals surface area contributed by atoms with Gasteiger partial charge in [0.2, 0.25) is 0 Å². The molecule has 1 unspecified atom stereocenters. The Morgan fingerprint density at radius 1 is 0.912 bits per heavy atom. The van der Waals surface area contributed by atoms with Crippen LogP contribution in [0.15, 0.2) is 66.7 Å². The Hall–Kier alpha value is -2.47. The Kier molecular flexibility index (Phi) is 9.31. The topological polar surface area (TPSA) is 59.0 Å². The fourth-order valence-corrected chi connectivity index (χ4v) is 5.13. The molecule has 3 atom stereocenters. The number of carboxylic acid groups (broad SMARTS) is 1. The largest absolute Gasteiger partial charge is 0.481 e. The average Bonchev–Trinajstić information content (AvgIpc) is 3.28. The molecule has 5 nitrogen and oxygen atoms in total. The van der Waals surface area contributed by atoms with Gasteiger partial charge in [-0.1, -0.05) is 73.2 Å². The van der Waals surface area contributed by atoms with Crippen LogP contribution >= 0.6 is 0 Å². The molecule has 2 aromatic carbocycles. The minimum Gasteiger partial charge on any atom is -0.481 e. The van der Waals surface area contributed by atoms with Crippen molar-refractivity contribution in [3.05, 3.63) is 72.3 Å². The highest BCUT2D eigenvalue weighted by Gasteiger charge is 2.41. The van der Waals surface area contributed by atoms with Crippen molar-refractivity contribution in [1.82, 2.24) is 4.90 Å². The summed E-state index contributed by atoms with van der Waals surface area (Å²) in [4.78, 5) is 13.3. The zero-order valence-corrected chi connectivity index (χ0v) is 20.0. The van der Waals surface area contributed by atoms with Crippen LogP contribution in [0.25, 0.3) is 11.1 Å². The number of carboxylic acids is 1. The third kappa shape index (κ3) is 7.02. The standard InChI is InChI=1S/C29H37NO4/c31-28(32)12-6-2-9-21-33-29-26(30-19-7-3-8-20-30)17-18-27(29)34-22-23-13-15-25(16-14-23)24-10-4-1-5-11-24/h1-2,4-5,9-11,13-16,26-27,29H,3,6-8,12,17-22H2,(H,31,32)/b9-2-/t26-,27?,29+/m0/s1. The molecule has 1 saturated heterocycles.